The van der Waals surface area contributed by atoms with E-state index in [9.17, 15) is 14.7 Å². The molecule has 3 nitrogen and oxygen atoms in total. The number of hydrogen-bond acceptors (Lipinski definition) is 2. The molecule has 0 bridgehead atoms. The first-order valence-corrected chi connectivity index (χ1v) is 9.93. The van der Waals surface area contributed by atoms with Crippen LogP contribution in [0.15, 0.2) is 84.9 Å². The van der Waals surface area contributed by atoms with Gasteiger partial charge in [-0.3, -0.25) is 9.59 Å². The third-order valence-electron chi connectivity index (χ3n) is 5.36. The summed E-state index contributed by atoms with van der Waals surface area (Å²) in [6.45, 7) is 4.24. The van der Waals surface area contributed by atoms with Crippen LogP contribution in [0.3, 0.4) is 0 Å². The molecule has 0 heterocycles. The van der Waals surface area contributed by atoms with E-state index in [4.69, 9.17) is 0 Å². The van der Waals surface area contributed by atoms with Crippen LogP contribution in [0.4, 0.5) is 0 Å². The van der Waals surface area contributed by atoms with Crippen LogP contribution in [0, 0.1) is 0 Å². The summed E-state index contributed by atoms with van der Waals surface area (Å²) >= 11 is 0. The molecule has 3 aromatic rings. The Bertz CT molecular complexity index is 944. The SMILES string of the molecule is CC(C)c1ccc(C(CC(=O)c2ccccc2)C(C(=O)O)c2ccccc2)cc1. The lowest BCUT2D eigenvalue weighted by Gasteiger charge is -2.25. The van der Waals surface area contributed by atoms with E-state index in [0.717, 1.165) is 5.56 Å². The number of aliphatic carboxylic acids is 1. The summed E-state index contributed by atoms with van der Waals surface area (Å²) < 4.78 is 0. The van der Waals surface area contributed by atoms with Crippen molar-refractivity contribution in [1.82, 2.24) is 0 Å². The molecule has 1 N–H and O–H groups in total. The number of benzene rings is 3. The number of hydrogen-bond donors (Lipinski definition) is 1. The molecule has 0 aliphatic carbocycles. The standard InChI is InChI=1S/C26H26O3/c1-18(2)19-13-15-20(16-14-19)23(17-24(27)21-9-5-3-6-10-21)25(26(28)29)22-11-7-4-8-12-22/h3-16,18,23,25H,17H2,1-2H3,(H,28,29). The number of Topliss-reactive ketones (excluding diaryl/α,β-unsaturated/α-hetero) is 1. The summed E-state index contributed by atoms with van der Waals surface area (Å²) in [5, 5.41) is 10.1. The highest BCUT2D eigenvalue weighted by Gasteiger charge is 2.33. The fourth-order valence-corrected chi connectivity index (χ4v) is 3.71. The van der Waals surface area contributed by atoms with Crippen molar-refractivity contribution in [3.63, 3.8) is 0 Å². The number of carbonyl (C=O) groups is 2. The first-order chi connectivity index (χ1) is 14.0. The maximum atomic E-state index is 13.0. The van der Waals surface area contributed by atoms with Gasteiger partial charge in [-0.25, -0.2) is 0 Å². The molecule has 3 rings (SSSR count). The van der Waals surface area contributed by atoms with Crippen molar-refractivity contribution in [2.45, 2.75) is 38.0 Å². The predicted molar refractivity (Wildman–Crippen MR) is 115 cm³/mol. The molecule has 2 atom stereocenters. The molecule has 148 valence electrons. The second-order valence-corrected chi connectivity index (χ2v) is 7.65. The molecule has 0 fully saturated rings. The van der Waals surface area contributed by atoms with Gasteiger partial charge in [0.1, 0.15) is 0 Å². The number of carbonyl (C=O) groups excluding carboxylic acids is 1. The average Bonchev–Trinajstić information content (AvgIpc) is 2.74. The zero-order chi connectivity index (χ0) is 20.8. The van der Waals surface area contributed by atoms with Gasteiger partial charge in [-0.05, 0) is 22.6 Å². The molecule has 0 aliphatic rings. The number of ketones is 1. The molecule has 3 heteroatoms. The molecule has 0 amide bonds. The Morgan fingerprint density at radius 1 is 0.724 bits per heavy atom. The zero-order valence-electron chi connectivity index (χ0n) is 16.8. The molecule has 29 heavy (non-hydrogen) atoms. The smallest absolute Gasteiger partial charge is 0.311 e. The highest BCUT2D eigenvalue weighted by atomic mass is 16.4. The highest BCUT2D eigenvalue weighted by Crippen LogP contribution is 2.37. The molecule has 0 radical (unpaired) electrons. The summed E-state index contributed by atoms with van der Waals surface area (Å²) in [5.41, 5.74) is 3.37. The first-order valence-electron chi connectivity index (χ1n) is 9.93. The van der Waals surface area contributed by atoms with Crippen molar-refractivity contribution < 1.29 is 14.7 Å². The van der Waals surface area contributed by atoms with Crippen molar-refractivity contribution in [3.05, 3.63) is 107 Å². The minimum Gasteiger partial charge on any atom is -0.481 e. The summed E-state index contributed by atoms with van der Waals surface area (Å²) in [5.74, 6) is -1.84. The lowest BCUT2D eigenvalue weighted by molar-refractivity contribution is -0.139. The highest BCUT2D eigenvalue weighted by molar-refractivity contribution is 5.97. The van der Waals surface area contributed by atoms with Gasteiger partial charge in [0.05, 0.1) is 5.92 Å². The Labute approximate surface area is 172 Å². The Kier molecular flexibility index (Phi) is 6.61. The third-order valence-corrected chi connectivity index (χ3v) is 5.36. The van der Waals surface area contributed by atoms with Crippen LogP contribution in [-0.4, -0.2) is 16.9 Å². The van der Waals surface area contributed by atoms with Gasteiger partial charge in [0.25, 0.3) is 0 Å². The second-order valence-electron chi connectivity index (χ2n) is 7.65. The number of carboxylic acids is 1. The number of rotatable bonds is 8. The summed E-state index contributed by atoms with van der Waals surface area (Å²) in [4.78, 5) is 25.3. The summed E-state index contributed by atoms with van der Waals surface area (Å²) in [6, 6.07) is 26.3. The van der Waals surface area contributed by atoms with Crippen molar-refractivity contribution in [2.75, 3.05) is 0 Å². The van der Waals surface area contributed by atoms with Crippen molar-refractivity contribution in [1.29, 1.82) is 0 Å². The molecule has 3 aromatic carbocycles. The molecule has 0 aromatic heterocycles. The van der Waals surface area contributed by atoms with E-state index in [1.165, 1.54) is 5.56 Å². The predicted octanol–water partition coefficient (Wildman–Crippen LogP) is 6.04. The lowest BCUT2D eigenvalue weighted by Crippen LogP contribution is -2.23. The topological polar surface area (TPSA) is 54.4 Å². The van der Waals surface area contributed by atoms with Crippen LogP contribution >= 0.6 is 0 Å². The maximum Gasteiger partial charge on any atom is 0.311 e. The summed E-state index contributed by atoms with van der Waals surface area (Å²) in [7, 11) is 0. The van der Waals surface area contributed by atoms with Crippen LogP contribution in [0.25, 0.3) is 0 Å². The van der Waals surface area contributed by atoms with Gasteiger partial charge in [-0.2, -0.15) is 0 Å². The van der Waals surface area contributed by atoms with E-state index in [1.807, 2.05) is 72.8 Å². The quantitative estimate of drug-likeness (QED) is 0.481. The van der Waals surface area contributed by atoms with E-state index in [0.29, 0.717) is 17.0 Å². The molecular weight excluding hydrogens is 360 g/mol. The van der Waals surface area contributed by atoms with Crippen LogP contribution in [0.5, 0.6) is 0 Å². The number of carboxylic acid groups (broad SMARTS) is 1. The fourth-order valence-electron chi connectivity index (χ4n) is 3.71. The van der Waals surface area contributed by atoms with E-state index >= 15 is 0 Å². The average molecular weight is 386 g/mol. The second kappa shape index (κ2) is 9.33. The minimum absolute atomic E-state index is 0.0503. The molecular formula is C26H26O3. The van der Waals surface area contributed by atoms with Crippen LogP contribution in [-0.2, 0) is 4.79 Å². The first kappa shape index (κ1) is 20.5. The minimum atomic E-state index is -0.921. The fraction of sp³-hybridized carbons (Fsp3) is 0.231. The van der Waals surface area contributed by atoms with Gasteiger partial charge >= 0.3 is 5.97 Å². The molecule has 0 spiro atoms. The van der Waals surface area contributed by atoms with Crippen LogP contribution < -0.4 is 0 Å². The summed E-state index contributed by atoms with van der Waals surface area (Å²) in [6.07, 6.45) is 0.136. The third kappa shape index (κ3) is 5.00. The Balaban J connectivity index is 2.02. The van der Waals surface area contributed by atoms with Crippen molar-refractivity contribution >= 4 is 11.8 Å². The van der Waals surface area contributed by atoms with Crippen molar-refractivity contribution in [3.8, 4) is 0 Å². The van der Waals surface area contributed by atoms with Gasteiger partial charge in [-0.1, -0.05) is 98.8 Å². The normalized spacial score (nSPS) is 13.1. The molecule has 0 aliphatic heterocycles. The van der Waals surface area contributed by atoms with Gasteiger partial charge < -0.3 is 5.11 Å². The van der Waals surface area contributed by atoms with Gasteiger partial charge in [0.15, 0.2) is 5.78 Å². The van der Waals surface area contributed by atoms with Crippen LogP contribution in [0.2, 0.25) is 0 Å². The Morgan fingerprint density at radius 2 is 1.24 bits per heavy atom. The maximum absolute atomic E-state index is 13.0. The van der Waals surface area contributed by atoms with E-state index in [-0.39, 0.29) is 12.2 Å². The molecule has 2 unspecified atom stereocenters. The van der Waals surface area contributed by atoms with E-state index in [2.05, 4.69) is 13.8 Å². The molecule has 0 saturated carbocycles. The lowest BCUT2D eigenvalue weighted by atomic mass is 9.77. The Morgan fingerprint density at radius 3 is 1.76 bits per heavy atom. The van der Waals surface area contributed by atoms with Gasteiger partial charge in [-0.15, -0.1) is 0 Å². The van der Waals surface area contributed by atoms with Gasteiger partial charge in [0, 0.05) is 17.9 Å². The monoisotopic (exact) mass is 386 g/mol. The van der Waals surface area contributed by atoms with Crippen molar-refractivity contribution in [2.24, 2.45) is 0 Å². The van der Waals surface area contributed by atoms with Gasteiger partial charge in [0.2, 0.25) is 0 Å². The zero-order valence-corrected chi connectivity index (χ0v) is 16.8. The molecule has 0 saturated heterocycles. The van der Waals surface area contributed by atoms with E-state index < -0.39 is 17.8 Å². The van der Waals surface area contributed by atoms with Crippen LogP contribution in [0.1, 0.15) is 65.1 Å². The Hall–Kier alpha value is -3.20. The largest absolute Gasteiger partial charge is 0.481 e. The van der Waals surface area contributed by atoms with E-state index in [1.54, 1.807) is 12.1 Å².